The smallest absolute Gasteiger partial charge is 0.318 e. The molecule has 125 heavy (non-hydrogen) atoms. The van der Waals surface area contributed by atoms with E-state index in [9.17, 15) is 24.0 Å². The molecule has 34 heteroatoms. The van der Waals surface area contributed by atoms with Crippen LogP contribution < -0.4 is 26.6 Å². The van der Waals surface area contributed by atoms with Crippen molar-refractivity contribution in [3.63, 3.8) is 0 Å². The first kappa shape index (κ1) is 82.7. The van der Waals surface area contributed by atoms with E-state index in [-0.39, 0.29) is 30.2 Å². The Balaban J connectivity index is 0.000000115. The molecule has 20 rings (SSSR count). The molecule has 0 fully saturated rings. The fourth-order valence-electron chi connectivity index (χ4n) is 15.1. The lowest BCUT2D eigenvalue weighted by Gasteiger charge is -2.27. The first-order chi connectivity index (χ1) is 61.5. The molecule has 34 nitrogen and oxygen atoms in total. The van der Waals surface area contributed by atoms with Crippen LogP contribution >= 0.6 is 0 Å². The van der Waals surface area contributed by atoms with Crippen LogP contribution in [0.5, 0.6) is 0 Å². The average Bonchev–Trinajstić information content (AvgIpc) is 1.69. The zero-order chi connectivity index (χ0) is 85.3. The molecule has 630 valence electrons. The first-order valence-electron chi connectivity index (χ1n) is 41.2. The minimum Gasteiger partial charge on any atom is -0.334 e. The number of benzene rings is 5. The number of hydrogen-bond acceptors (Lipinski definition) is 19. The van der Waals surface area contributed by atoms with Crippen molar-refractivity contribution >= 4 is 30.2 Å². The van der Waals surface area contributed by atoms with Gasteiger partial charge >= 0.3 is 30.2 Å². The molecule has 15 aromatic rings. The molecule has 10 aromatic heterocycles. The van der Waals surface area contributed by atoms with Gasteiger partial charge in [0.25, 0.3) is 0 Å². The lowest BCUT2D eigenvalue weighted by molar-refractivity contribution is 0.191. The van der Waals surface area contributed by atoms with Gasteiger partial charge in [-0.1, -0.05) is 158 Å². The Hall–Kier alpha value is -16.0. The van der Waals surface area contributed by atoms with Crippen molar-refractivity contribution in [3.05, 3.63) is 335 Å². The lowest BCUT2D eigenvalue weighted by atomic mass is 10.0. The highest BCUT2D eigenvalue weighted by atomic mass is 16.2. The van der Waals surface area contributed by atoms with Crippen LogP contribution in [-0.2, 0) is 97.6 Å². The number of rotatable bonds is 15. The van der Waals surface area contributed by atoms with Crippen molar-refractivity contribution in [3.8, 4) is 56.3 Å². The molecule has 0 saturated carbocycles. The average molecular weight is 1670 g/mol. The van der Waals surface area contributed by atoms with Crippen LogP contribution in [0.4, 0.5) is 24.0 Å². The van der Waals surface area contributed by atoms with Gasteiger partial charge in [-0.3, -0.25) is 40.4 Å². The summed E-state index contributed by atoms with van der Waals surface area (Å²) in [4.78, 5) is 91.7. The Morgan fingerprint density at radius 2 is 0.608 bits per heavy atom. The minimum absolute atomic E-state index is 0.0604. The summed E-state index contributed by atoms with van der Waals surface area (Å²) >= 11 is 0. The second-order valence-corrected chi connectivity index (χ2v) is 29.9. The molecule has 5 aliphatic rings. The summed E-state index contributed by atoms with van der Waals surface area (Å²) in [7, 11) is 0. The summed E-state index contributed by atoms with van der Waals surface area (Å²) in [5, 5.41) is 67.9. The number of carbonyl (C=O) groups is 5. The summed E-state index contributed by atoms with van der Waals surface area (Å²) < 4.78 is 0. The number of nitrogens with zero attached hydrogens (tertiary/aromatic N) is 19. The number of urea groups is 5. The van der Waals surface area contributed by atoms with Gasteiger partial charge in [0.1, 0.15) is 6.33 Å². The minimum atomic E-state index is -0.100. The number of carbonyl (C=O) groups excluding carboxylic acids is 5. The molecular formula is C91H91N29O5. The van der Waals surface area contributed by atoms with E-state index in [1.54, 1.807) is 77.8 Å². The number of aromatic nitrogens is 19. The topological polar surface area (TPSA) is 421 Å². The summed E-state index contributed by atoms with van der Waals surface area (Å²) in [6.45, 7) is 8.17. The molecule has 10 amide bonds. The molecule has 10 N–H and O–H groups in total. The molecule has 0 saturated heterocycles. The van der Waals surface area contributed by atoms with Crippen LogP contribution in [0.1, 0.15) is 84.4 Å². The normalized spacial score (nSPS) is 13.4. The fraction of sp³-hybridized carbons (Fsp3) is 0.220. The maximum Gasteiger partial charge on any atom is 0.318 e. The van der Waals surface area contributed by atoms with Gasteiger partial charge in [0.2, 0.25) is 0 Å². The third-order valence-corrected chi connectivity index (χ3v) is 21.7. The zero-order valence-corrected chi connectivity index (χ0v) is 68.4. The van der Waals surface area contributed by atoms with Crippen molar-refractivity contribution in [2.45, 2.75) is 97.6 Å². The summed E-state index contributed by atoms with van der Waals surface area (Å²) in [6, 6.07) is 59.0. The van der Waals surface area contributed by atoms with E-state index in [2.05, 4.69) is 123 Å². The molecular weight excluding hydrogens is 1580 g/mol. The molecule has 0 spiro atoms. The second-order valence-electron chi connectivity index (χ2n) is 29.9. The number of hydrogen-bond donors (Lipinski definition) is 10. The van der Waals surface area contributed by atoms with E-state index in [0.29, 0.717) is 98.2 Å². The largest absolute Gasteiger partial charge is 0.334 e. The molecule has 5 aromatic carbocycles. The van der Waals surface area contributed by atoms with Gasteiger partial charge in [-0.05, 0) is 35.4 Å². The fourth-order valence-corrected chi connectivity index (χ4v) is 15.1. The quantitative estimate of drug-likeness (QED) is 0.0456. The number of pyridine rings is 1. The maximum atomic E-state index is 12.5. The Labute approximate surface area is 719 Å². The Kier molecular flexibility index (Phi) is 27.0. The van der Waals surface area contributed by atoms with E-state index in [0.717, 1.165) is 173 Å². The molecule has 15 heterocycles. The zero-order valence-electron chi connectivity index (χ0n) is 68.4. The first-order valence-corrected chi connectivity index (χ1v) is 41.2. The third kappa shape index (κ3) is 21.2. The lowest BCUT2D eigenvalue weighted by Crippen LogP contribution is -2.42. The van der Waals surface area contributed by atoms with E-state index < -0.39 is 0 Å². The third-order valence-electron chi connectivity index (χ3n) is 21.7. The van der Waals surface area contributed by atoms with Crippen LogP contribution in [0.15, 0.2) is 250 Å². The van der Waals surface area contributed by atoms with Crippen LogP contribution in [0.25, 0.3) is 56.3 Å². The van der Waals surface area contributed by atoms with Crippen LogP contribution in [-0.4, -0.2) is 184 Å². The number of aromatic amines is 5. The summed E-state index contributed by atoms with van der Waals surface area (Å²) in [5.74, 6) is 0. The van der Waals surface area contributed by atoms with Crippen molar-refractivity contribution in [1.29, 1.82) is 0 Å². The molecule has 0 aliphatic carbocycles. The highest BCUT2D eigenvalue weighted by Crippen LogP contribution is 2.34. The molecule has 0 bridgehead atoms. The molecule has 0 radical (unpaired) electrons. The monoisotopic (exact) mass is 1670 g/mol. The predicted octanol–water partition coefficient (Wildman–Crippen LogP) is 11.3. The van der Waals surface area contributed by atoms with Crippen LogP contribution in [0, 0.1) is 0 Å². The van der Waals surface area contributed by atoms with Crippen LogP contribution in [0.3, 0.4) is 0 Å². The standard InChI is InChI=1S/C19H19N5O.4C18H18N6O/c25-19(21-12-14-5-4-9-20-11-14)24-10-8-17-16(13-24)18(23-22-17)15-6-2-1-3-7-15;25-18(19-11-14-7-4-9-20-21-14)24-10-8-16-15(12-24)17(23-22-16)13-5-2-1-3-6-13;25-18(21-11-14-10-19-7-8-20-14)24-9-6-16-15(12-24)17(23-22-16)13-4-2-1-3-5-13;25-18(19-10-13-6-8-20-21-11-13)24-9-7-16-15(12-24)17(23-22-16)14-4-2-1-3-5-14;25-18(21-10-13-8-19-12-20-9-13)24-7-6-16-15(11-24)17(23-22-16)14-4-2-1-3-5-14/h1-7,9,11H,8,10,12-13H2,(H,21,25)(H,22,23);1-7,9H,8,10-12H2,(H,19,25)(H,22,23);1-5,7-8,10H,6,9,11-12H2,(H,21,25)(H,22,23);1-6,8,11H,7,9-10,12H2,(H,19,25)(H,22,23);1-5,8-9,12H,6-7,10-11H2,(H,21,25)(H,22,23). The van der Waals surface area contributed by atoms with Gasteiger partial charge in [-0.25, -0.2) is 33.9 Å². The molecule has 0 atom stereocenters. The van der Waals surface area contributed by atoms with Crippen molar-refractivity contribution in [2.75, 3.05) is 32.7 Å². The highest BCUT2D eigenvalue weighted by molar-refractivity contribution is 5.79. The number of amides is 10. The SMILES string of the molecule is O=C(NCc1cccnc1)N1CCc2[nH]nc(-c3ccccc3)c2C1.O=C(NCc1cccnn1)N1CCc2[nH]nc(-c3ccccc3)c2C1.O=C(NCc1ccnnc1)N1CCc2[nH]nc(-c3ccccc3)c2C1.O=C(NCc1cnccn1)N1CCc2[nH]nc(-c3ccccc3)c2C1.O=C(NCc1cncnc1)N1CCc2[nH]nc(-c3ccccc3)c2C1. The number of fused-ring (bicyclic) bond motifs is 5. The van der Waals surface area contributed by atoms with Gasteiger partial charge in [0, 0.05) is 224 Å². The van der Waals surface area contributed by atoms with Gasteiger partial charge in [-0.2, -0.15) is 45.9 Å². The number of H-pyrrole nitrogens is 5. The van der Waals surface area contributed by atoms with Crippen molar-refractivity contribution in [1.82, 2.24) is 147 Å². The Morgan fingerprint density at radius 3 is 0.928 bits per heavy atom. The van der Waals surface area contributed by atoms with Crippen molar-refractivity contribution in [2.24, 2.45) is 0 Å². The second kappa shape index (κ2) is 40.8. The van der Waals surface area contributed by atoms with Crippen molar-refractivity contribution < 1.29 is 24.0 Å². The maximum absolute atomic E-state index is 12.5. The molecule has 0 unspecified atom stereocenters. The van der Waals surface area contributed by atoms with Gasteiger partial charge < -0.3 is 51.1 Å². The van der Waals surface area contributed by atoms with E-state index in [1.807, 2.05) is 191 Å². The van der Waals surface area contributed by atoms with Gasteiger partial charge in [-0.15, -0.1) is 0 Å². The van der Waals surface area contributed by atoms with Gasteiger partial charge in [0.05, 0.1) is 98.1 Å². The van der Waals surface area contributed by atoms with E-state index in [1.165, 1.54) is 6.33 Å². The van der Waals surface area contributed by atoms with Gasteiger partial charge in [0.15, 0.2) is 0 Å². The Bertz CT molecular complexity index is 5160. The van der Waals surface area contributed by atoms with Crippen LogP contribution in [0.2, 0.25) is 0 Å². The van der Waals surface area contributed by atoms with E-state index >= 15 is 0 Å². The summed E-state index contributed by atoms with van der Waals surface area (Å²) in [5.41, 5.74) is 25.2. The molecule has 5 aliphatic heterocycles. The summed E-state index contributed by atoms with van der Waals surface area (Å²) in [6.07, 6.45) is 22.0. The van der Waals surface area contributed by atoms with E-state index in [4.69, 9.17) is 0 Å². The Morgan fingerprint density at radius 1 is 0.280 bits per heavy atom. The number of nitrogens with one attached hydrogen (secondary N) is 10. The predicted molar refractivity (Wildman–Crippen MR) is 464 cm³/mol. The highest BCUT2D eigenvalue weighted by Gasteiger charge is 2.32.